The lowest BCUT2D eigenvalue weighted by molar-refractivity contribution is 0.108. The van der Waals surface area contributed by atoms with E-state index in [-0.39, 0.29) is 0 Å². The Labute approximate surface area is 100 Å². The molecular weight excluding hydrogens is 222 g/mol. The Morgan fingerprint density at radius 3 is 3.12 bits per heavy atom. The quantitative estimate of drug-likeness (QED) is 0.643. The van der Waals surface area contributed by atoms with E-state index in [4.69, 9.17) is 4.74 Å². The number of hydrogen-bond acceptors (Lipinski definition) is 5. The zero-order valence-corrected chi connectivity index (χ0v) is 10.5. The highest BCUT2D eigenvalue weighted by Crippen LogP contribution is 2.21. The van der Waals surface area contributed by atoms with E-state index in [9.17, 15) is 0 Å². The summed E-state index contributed by atoms with van der Waals surface area (Å²) in [4.78, 5) is 8.34. The predicted octanol–water partition coefficient (Wildman–Crippen LogP) is 2.04. The molecule has 2 unspecified atom stereocenters. The molecule has 2 rings (SSSR count). The summed E-state index contributed by atoms with van der Waals surface area (Å²) in [5, 5.41) is 4.34. The summed E-state index contributed by atoms with van der Waals surface area (Å²) in [6.45, 7) is 3.94. The molecule has 4 nitrogen and oxygen atoms in total. The molecule has 0 saturated carbocycles. The molecule has 1 aliphatic heterocycles. The summed E-state index contributed by atoms with van der Waals surface area (Å²) in [5.41, 5.74) is 0. The molecule has 1 aliphatic rings. The lowest BCUT2D eigenvalue weighted by atomic mass is 10.0. The zero-order valence-electron chi connectivity index (χ0n) is 9.64. The Morgan fingerprint density at radius 2 is 2.44 bits per heavy atom. The van der Waals surface area contributed by atoms with Crippen LogP contribution in [0.3, 0.4) is 0 Å². The van der Waals surface area contributed by atoms with Crippen molar-refractivity contribution < 1.29 is 4.74 Å². The molecule has 16 heavy (non-hydrogen) atoms. The molecule has 2 heterocycles. The van der Waals surface area contributed by atoms with Gasteiger partial charge in [-0.25, -0.2) is 9.97 Å². The third-order valence-corrected chi connectivity index (χ3v) is 3.57. The molecule has 1 aromatic heterocycles. The van der Waals surface area contributed by atoms with E-state index in [0.717, 1.165) is 30.4 Å². The Kier molecular flexibility index (Phi) is 4.01. The number of anilines is 1. The molecule has 5 heteroatoms. The van der Waals surface area contributed by atoms with Gasteiger partial charge in [0, 0.05) is 25.1 Å². The molecule has 2 atom stereocenters. The second-order valence-corrected chi connectivity index (χ2v) is 4.78. The van der Waals surface area contributed by atoms with Crippen molar-refractivity contribution in [3.8, 4) is 0 Å². The molecule has 1 fully saturated rings. The van der Waals surface area contributed by atoms with Crippen molar-refractivity contribution in [2.24, 2.45) is 5.92 Å². The van der Waals surface area contributed by atoms with E-state index in [1.807, 2.05) is 12.3 Å². The number of rotatable bonds is 4. The van der Waals surface area contributed by atoms with Gasteiger partial charge < -0.3 is 10.1 Å². The van der Waals surface area contributed by atoms with Crippen LogP contribution in [-0.2, 0) is 4.74 Å². The van der Waals surface area contributed by atoms with Crippen molar-refractivity contribution in [3.63, 3.8) is 0 Å². The van der Waals surface area contributed by atoms with Crippen LogP contribution in [0.25, 0.3) is 0 Å². The number of hydrogen-bond donors (Lipinski definition) is 1. The van der Waals surface area contributed by atoms with Crippen LogP contribution in [-0.4, -0.2) is 35.5 Å². The van der Waals surface area contributed by atoms with E-state index < -0.39 is 0 Å². The van der Waals surface area contributed by atoms with Crippen LogP contribution in [0, 0.1) is 5.92 Å². The maximum atomic E-state index is 5.52. The average molecular weight is 239 g/mol. The van der Waals surface area contributed by atoms with E-state index in [2.05, 4.69) is 22.2 Å². The fraction of sp³-hybridized carbons (Fsp3) is 0.636. The third kappa shape index (κ3) is 2.86. The topological polar surface area (TPSA) is 47.0 Å². The summed E-state index contributed by atoms with van der Waals surface area (Å²) in [6.07, 6.45) is 5.10. The Balaban J connectivity index is 1.88. The van der Waals surface area contributed by atoms with Crippen LogP contribution < -0.4 is 5.32 Å². The second-order valence-electron chi connectivity index (χ2n) is 3.95. The van der Waals surface area contributed by atoms with Crippen molar-refractivity contribution in [2.45, 2.75) is 24.5 Å². The largest absolute Gasteiger partial charge is 0.378 e. The Bertz CT molecular complexity index is 348. The first-order valence-corrected chi connectivity index (χ1v) is 6.73. The van der Waals surface area contributed by atoms with Gasteiger partial charge in [0.2, 0.25) is 0 Å². The van der Waals surface area contributed by atoms with Crippen LogP contribution in [0.5, 0.6) is 0 Å². The molecule has 0 spiro atoms. The van der Waals surface area contributed by atoms with Crippen LogP contribution in [0.2, 0.25) is 0 Å². The monoisotopic (exact) mass is 239 g/mol. The van der Waals surface area contributed by atoms with E-state index in [0.29, 0.717) is 12.0 Å². The minimum Gasteiger partial charge on any atom is -0.378 e. The highest BCUT2D eigenvalue weighted by Gasteiger charge is 2.23. The second kappa shape index (κ2) is 5.50. The van der Waals surface area contributed by atoms with Crippen LogP contribution >= 0.6 is 11.8 Å². The SMILES string of the molecule is CSc1cc(NCC2CCOC2C)ncn1. The maximum Gasteiger partial charge on any atom is 0.130 e. The first kappa shape index (κ1) is 11.7. The molecule has 1 N–H and O–H groups in total. The Hall–Kier alpha value is -0.810. The summed E-state index contributed by atoms with van der Waals surface area (Å²) >= 11 is 1.63. The van der Waals surface area contributed by atoms with E-state index >= 15 is 0 Å². The fourth-order valence-corrected chi connectivity index (χ4v) is 2.21. The van der Waals surface area contributed by atoms with Crippen molar-refractivity contribution in [3.05, 3.63) is 12.4 Å². The molecule has 1 saturated heterocycles. The molecule has 0 radical (unpaired) electrons. The van der Waals surface area contributed by atoms with Gasteiger partial charge in [-0.3, -0.25) is 0 Å². The highest BCUT2D eigenvalue weighted by atomic mass is 32.2. The van der Waals surface area contributed by atoms with Gasteiger partial charge in [0.25, 0.3) is 0 Å². The Morgan fingerprint density at radius 1 is 1.56 bits per heavy atom. The fourth-order valence-electron chi connectivity index (χ4n) is 1.83. The molecule has 0 bridgehead atoms. The summed E-state index contributed by atoms with van der Waals surface area (Å²) in [5.74, 6) is 1.49. The summed E-state index contributed by atoms with van der Waals surface area (Å²) in [6, 6.07) is 1.98. The lowest BCUT2D eigenvalue weighted by Gasteiger charge is -2.15. The van der Waals surface area contributed by atoms with Crippen molar-refractivity contribution in [1.82, 2.24) is 9.97 Å². The van der Waals surface area contributed by atoms with Gasteiger partial charge >= 0.3 is 0 Å². The van der Waals surface area contributed by atoms with Gasteiger partial charge in [0.15, 0.2) is 0 Å². The zero-order chi connectivity index (χ0) is 11.4. The van der Waals surface area contributed by atoms with Gasteiger partial charge in [-0.15, -0.1) is 11.8 Å². The van der Waals surface area contributed by atoms with Gasteiger partial charge in [-0.05, 0) is 19.6 Å². The minimum atomic E-state index is 0.356. The number of nitrogens with zero attached hydrogens (tertiary/aromatic N) is 2. The minimum absolute atomic E-state index is 0.356. The van der Waals surface area contributed by atoms with Crippen molar-refractivity contribution in [1.29, 1.82) is 0 Å². The highest BCUT2D eigenvalue weighted by molar-refractivity contribution is 7.98. The third-order valence-electron chi connectivity index (χ3n) is 2.93. The predicted molar refractivity (Wildman–Crippen MR) is 65.8 cm³/mol. The lowest BCUT2D eigenvalue weighted by Crippen LogP contribution is -2.21. The van der Waals surface area contributed by atoms with E-state index in [1.54, 1.807) is 18.1 Å². The number of thioether (sulfide) groups is 1. The van der Waals surface area contributed by atoms with Crippen LogP contribution in [0.4, 0.5) is 5.82 Å². The van der Waals surface area contributed by atoms with Crippen molar-refractivity contribution >= 4 is 17.6 Å². The van der Waals surface area contributed by atoms with Gasteiger partial charge in [-0.2, -0.15) is 0 Å². The normalized spacial score (nSPS) is 24.6. The van der Waals surface area contributed by atoms with Gasteiger partial charge in [0.1, 0.15) is 17.2 Å². The maximum absolute atomic E-state index is 5.52. The average Bonchev–Trinajstić information content (AvgIpc) is 2.72. The van der Waals surface area contributed by atoms with Gasteiger partial charge in [0.05, 0.1) is 6.10 Å². The molecule has 88 valence electrons. The molecule has 0 amide bonds. The summed E-state index contributed by atoms with van der Waals surface area (Å²) in [7, 11) is 0. The van der Waals surface area contributed by atoms with E-state index in [1.165, 1.54) is 0 Å². The number of nitrogens with one attached hydrogen (secondary N) is 1. The molecule has 0 aromatic carbocycles. The summed E-state index contributed by atoms with van der Waals surface area (Å²) < 4.78 is 5.52. The first-order chi connectivity index (χ1) is 7.79. The number of ether oxygens (including phenoxy) is 1. The smallest absolute Gasteiger partial charge is 0.130 e. The standard InChI is InChI=1S/C11H17N3OS/c1-8-9(3-4-15-8)6-12-10-5-11(16-2)14-7-13-10/h5,7-9H,3-4,6H2,1-2H3,(H,12,13,14). The van der Waals surface area contributed by atoms with Crippen LogP contribution in [0.1, 0.15) is 13.3 Å². The molecule has 1 aromatic rings. The van der Waals surface area contributed by atoms with Crippen molar-refractivity contribution in [2.75, 3.05) is 24.7 Å². The molecule has 0 aliphatic carbocycles. The van der Waals surface area contributed by atoms with Gasteiger partial charge in [-0.1, -0.05) is 0 Å². The number of aromatic nitrogens is 2. The molecular formula is C11H17N3OS. The van der Waals surface area contributed by atoms with Crippen LogP contribution in [0.15, 0.2) is 17.4 Å². The first-order valence-electron chi connectivity index (χ1n) is 5.51.